The second-order valence-corrected chi connectivity index (χ2v) is 5.67. The molecule has 2 heterocycles. The molecule has 1 atom stereocenters. The summed E-state index contributed by atoms with van der Waals surface area (Å²) >= 11 is 0. The number of aromatic nitrogens is 2. The molecule has 1 aromatic heterocycles. The first-order chi connectivity index (χ1) is 10.6. The lowest BCUT2D eigenvalue weighted by Crippen LogP contribution is -2.40. The van der Waals surface area contributed by atoms with E-state index in [1.807, 2.05) is 26.1 Å². The highest BCUT2D eigenvalue weighted by atomic mass is 16.2. The van der Waals surface area contributed by atoms with Crippen molar-refractivity contribution >= 4 is 17.5 Å². The van der Waals surface area contributed by atoms with Gasteiger partial charge in [-0.1, -0.05) is 18.2 Å². The molecule has 0 unspecified atom stereocenters. The van der Waals surface area contributed by atoms with Crippen LogP contribution in [0.3, 0.4) is 0 Å². The summed E-state index contributed by atoms with van der Waals surface area (Å²) in [5.74, 6) is 0.692. The van der Waals surface area contributed by atoms with Gasteiger partial charge in [0, 0.05) is 31.4 Å². The molecule has 0 fully saturated rings. The molecule has 0 saturated heterocycles. The number of amides is 2. The van der Waals surface area contributed by atoms with E-state index in [1.165, 1.54) is 11.3 Å². The van der Waals surface area contributed by atoms with Gasteiger partial charge in [0.2, 0.25) is 0 Å². The molecular weight excluding hydrogens is 278 g/mol. The molecule has 3 N–H and O–H groups in total. The molecule has 1 aliphatic heterocycles. The van der Waals surface area contributed by atoms with Crippen LogP contribution in [0.5, 0.6) is 0 Å². The van der Waals surface area contributed by atoms with Crippen LogP contribution in [0.4, 0.5) is 16.3 Å². The highest BCUT2D eigenvalue weighted by molar-refractivity contribution is 5.88. The fourth-order valence-electron chi connectivity index (χ4n) is 2.76. The summed E-state index contributed by atoms with van der Waals surface area (Å²) in [5.41, 5.74) is 3.39. The van der Waals surface area contributed by atoms with E-state index in [0.717, 1.165) is 18.5 Å². The lowest BCUT2D eigenvalue weighted by Gasteiger charge is -2.27. The molecule has 0 radical (unpaired) electrons. The Kier molecular flexibility index (Phi) is 4.00. The zero-order valence-electron chi connectivity index (χ0n) is 12.9. The summed E-state index contributed by atoms with van der Waals surface area (Å²) < 4.78 is 1.66. The maximum atomic E-state index is 12.0. The fourth-order valence-corrected chi connectivity index (χ4v) is 2.76. The van der Waals surface area contributed by atoms with Crippen LogP contribution < -0.4 is 16.0 Å². The molecule has 1 aliphatic rings. The maximum Gasteiger partial charge on any atom is 0.320 e. The molecule has 0 bridgehead atoms. The number of nitrogens with zero attached hydrogens (tertiary/aromatic N) is 2. The first-order valence-electron chi connectivity index (χ1n) is 7.52. The van der Waals surface area contributed by atoms with Crippen molar-refractivity contribution in [3.63, 3.8) is 0 Å². The highest BCUT2D eigenvalue weighted by Gasteiger charge is 2.17. The first-order valence-corrected chi connectivity index (χ1v) is 7.52. The number of carbonyl (C=O) groups is 1. The Morgan fingerprint density at radius 3 is 3.05 bits per heavy atom. The minimum atomic E-state index is -0.205. The van der Waals surface area contributed by atoms with Crippen LogP contribution in [-0.2, 0) is 13.5 Å². The van der Waals surface area contributed by atoms with Gasteiger partial charge in [0.15, 0.2) is 0 Å². The minimum absolute atomic E-state index is 0.205. The number of urea groups is 1. The zero-order chi connectivity index (χ0) is 15.5. The van der Waals surface area contributed by atoms with Crippen LogP contribution in [0.15, 0.2) is 30.3 Å². The van der Waals surface area contributed by atoms with E-state index in [-0.39, 0.29) is 12.1 Å². The Hall–Kier alpha value is -2.50. The number of anilines is 2. The third kappa shape index (κ3) is 3.21. The van der Waals surface area contributed by atoms with Gasteiger partial charge in [-0.05, 0) is 31.4 Å². The van der Waals surface area contributed by atoms with Crippen molar-refractivity contribution in [1.82, 2.24) is 15.1 Å². The lowest BCUT2D eigenvalue weighted by atomic mass is 9.98. The normalized spacial score (nSPS) is 16.5. The quantitative estimate of drug-likeness (QED) is 0.814. The summed E-state index contributed by atoms with van der Waals surface area (Å²) in [6.07, 6.45) is 2.06. The van der Waals surface area contributed by atoms with E-state index in [1.54, 1.807) is 4.68 Å². The number of para-hydroxylation sites is 1. The highest BCUT2D eigenvalue weighted by Crippen LogP contribution is 2.23. The molecule has 2 aromatic rings. The lowest BCUT2D eigenvalue weighted by molar-refractivity contribution is 0.251. The van der Waals surface area contributed by atoms with Crippen molar-refractivity contribution < 1.29 is 4.79 Å². The van der Waals surface area contributed by atoms with Gasteiger partial charge in [-0.3, -0.25) is 10.00 Å². The van der Waals surface area contributed by atoms with Gasteiger partial charge in [-0.25, -0.2) is 4.79 Å². The van der Waals surface area contributed by atoms with Crippen LogP contribution in [-0.4, -0.2) is 28.4 Å². The molecule has 22 heavy (non-hydrogen) atoms. The van der Waals surface area contributed by atoms with Gasteiger partial charge >= 0.3 is 6.03 Å². The van der Waals surface area contributed by atoms with Gasteiger partial charge in [-0.15, -0.1) is 0 Å². The topological polar surface area (TPSA) is 71.0 Å². The van der Waals surface area contributed by atoms with E-state index in [9.17, 15) is 4.79 Å². The summed E-state index contributed by atoms with van der Waals surface area (Å²) in [4.78, 5) is 12.0. The van der Waals surface area contributed by atoms with E-state index >= 15 is 0 Å². The van der Waals surface area contributed by atoms with Gasteiger partial charge in [0.25, 0.3) is 0 Å². The number of aryl methyl sites for hydroxylation is 3. The molecule has 1 aromatic carbocycles. The largest absolute Gasteiger partial charge is 0.380 e. The Balaban J connectivity index is 1.51. The Morgan fingerprint density at radius 1 is 1.45 bits per heavy atom. The second-order valence-electron chi connectivity index (χ2n) is 5.67. The van der Waals surface area contributed by atoms with Gasteiger partial charge in [-0.2, -0.15) is 5.10 Å². The van der Waals surface area contributed by atoms with Crippen LogP contribution in [0.25, 0.3) is 0 Å². The Bertz CT molecular complexity index is 679. The Labute approximate surface area is 129 Å². The molecule has 0 spiro atoms. The van der Waals surface area contributed by atoms with Gasteiger partial charge in [0.1, 0.15) is 5.82 Å². The summed E-state index contributed by atoms with van der Waals surface area (Å²) in [6.45, 7) is 2.49. The number of nitrogens with one attached hydrogen (secondary N) is 3. The minimum Gasteiger partial charge on any atom is -0.380 e. The molecular formula is C16H21N5O. The van der Waals surface area contributed by atoms with Crippen molar-refractivity contribution in [1.29, 1.82) is 0 Å². The van der Waals surface area contributed by atoms with E-state index < -0.39 is 0 Å². The molecule has 0 aliphatic carbocycles. The number of benzene rings is 1. The van der Waals surface area contributed by atoms with Crippen molar-refractivity contribution in [2.24, 2.45) is 7.05 Å². The predicted molar refractivity (Wildman–Crippen MR) is 87.1 cm³/mol. The van der Waals surface area contributed by atoms with Crippen LogP contribution in [0.2, 0.25) is 0 Å². The SMILES string of the molecule is Cc1cc(NC(=O)NC[C@@H]2CCc3ccccc3N2)n(C)n1. The number of hydrogen-bond acceptors (Lipinski definition) is 3. The average molecular weight is 299 g/mol. The van der Waals surface area contributed by atoms with Crippen molar-refractivity contribution in [2.45, 2.75) is 25.8 Å². The zero-order valence-corrected chi connectivity index (χ0v) is 12.9. The first kappa shape index (κ1) is 14.4. The number of hydrogen-bond donors (Lipinski definition) is 3. The summed E-state index contributed by atoms with van der Waals surface area (Å²) in [5, 5.41) is 13.4. The average Bonchev–Trinajstić information content (AvgIpc) is 2.82. The van der Waals surface area contributed by atoms with Gasteiger partial charge < -0.3 is 10.6 Å². The van der Waals surface area contributed by atoms with Crippen molar-refractivity contribution in [3.05, 3.63) is 41.6 Å². The molecule has 2 amide bonds. The predicted octanol–water partition coefficient (Wildman–Crippen LogP) is 2.28. The molecule has 6 nitrogen and oxygen atoms in total. The van der Waals surface area contributed by atoms with Crippen LogP contribution in [0, 0.1) is 6.92 Å². The fraction of sp³-hybridized carbons (Fsp3) is 0.375. The number of fused-ring (bicyclic) bond motifs is 1. The maximum absolute atomic E-state index is 12.0. The summed E-state index contributed by atoms with van der Waals surface area (Å²) in [6, 6.07) is 10.2. The molecule has 0 saturated carbocycles. The van der Waals surface area contributed by atoms with E-state index in [0.29, 0.717) is 12.4 Å². The molecule has 3 rings (SSSR count). The van der Waals surface area contributed by atoms with Crippen molar-refractivity contribution in [2.75, 3.05) is 17.2 Å². The van der Waals surface area contributed by atoms with Crippen LogP contribution >= 0.6 is 0 Å². The monoisotopic (exact) mass is 299 g/mol. The smallest absolute Gasteiger partial charge is 0.320 e. The van der Waals surface area contributed by atoms with E-state index in [4.69, 9.17) is 0 Å². The third-order valence-corrected chi connectivity index (χ3v) is 3.89. The summed E-state index contributed by atoms with van der Waals surface area (Å²) in [7, 11) is 1.81. The number of rotatable bonds is 3. The van der Waals surface area contributed by atoms with E-state index in [2.05, 4.69) is 39.2 Å². The Morgan fingerprint density at radius 2 is 2.27 bits per heavy atom. The van der Waals surface area contributed by atoms with Crippen LogP contribution in [0.1, 0.15) is 17.7 Å². The van der Waals surface area contributed by atoms with Crippen molar-refractivity contribution in [3.8, 4) is 0 Å². The number of carbonyl (C=O) groups excluding carboxylic acids is 1. The van der Waals surface area contributed by atoms with Gasteiger partial charge in [0.05, 0.1) is 5.69 Å². The molecule has 116 valence electrons. The third-order valence-electron chi connectivity index (χ3n) is 3.89. The molecule has 6 heteroatoms. The second kappa shape index (κ2) is 6.09. The standard InChI is InChI=1S/C16H21N5O/c1-11-9-15(21(2)20-11)19-16(22)17-10-13-8-7-12-5-3-4-6-14(12)18-13/h3-6,9,13,18H,7-8,10H2,1-2H3,(H2,17,19,22)/t13-/m0/s1.